The summed E-state index contributed by atoms with van der Waals surface area (Å²) in [7, 11) is 1.28. The van der Waals surface area contributed by atoms with Crippen LogP contribution in [0, 0.1) is 21.4 Å². The van der Waals surface area contributed by atoms with Gasteiger partial charge in [0, 0.05) is 44.5 Å². The second kappa shape index (κ2) is 9.32. The average molecular weight is 419 g/mol. The first-order valence-corrected chi connectivity index (χ1v) is 9.05. The molecular weight excluding hydrogens is 400 g/mol. The SMILES string of the molecule is COc1cc(CN2CCN(c3cc(C#N)ccn3)CC2)c([N+](=O)[O-])cc1OC(F)F. The van der Waals surface area contributed by atoms with Crippen molar-refractivity contribution in [2.45, 2.75) is 13.2 Å². The third kappa shape index (κ3) is 4.90. The van der Waals surface area contributed by atoms with E-state index in [4.69, 9.17) is 10.00 Å². The molecule has 0 N–H and O–H groups in total. The van der Waals surface area contributed by atoms with Gasteiger partial charge in [-0.2, -0.15) is 14.0 Å². The number of rotatable bonds is 7. The molecule has 2 aromatic rings. The number of pyridine rings is 1. The van der Waals surface area contributed by atoms with Crippen LogP contribution < -0.4 is 14.4 Å². The molecule has 1 saturated heterocycles. The zero-order valence-corrected chi connectivity index (χ0v) is 16.1. The molecule has 1 aromatic carbocycles. The lowest BCUT2D eigenvalue weighted by atomic mass is 10.1. The Hall–Kier alpha value is -3.52. The van der Waals surface area contributed by atoms with Crippen molar-refractivity contribution in [1.29, 1.82) is 5.26 Å². The second-order valence-electron chi connectivity index (χ2n) is 6.55. The van der Waals surface area contributed by atoms with Gasteiger partial charge in [0.15, 0.2) is 11.5 Å². The molecule has 30 heavy (non-hydrogen) atoms. The maximum absolute atomic E-state index is 12.6. The Balaban J connectivity index is 1.73. The standard InChI is InChI=1S/C19H19F2N5O4/c1-29-16-9-14(15(26(27)28)10-17(16)30-19(20)21)12-24-4-6-25(7-5-24)18-8-13(11-22)2-3-23-18/h2-3,8-10,19H,4-7,12H2,1H3. The maximum Gasteiger partial charge on any atom is 0.387 e. The van der Waals surface area contributed by atoms with E-state index in [2.05, 4.69) is 15.8 Å². The van der Waals surface area contributed by atoms with Gasteiger partial charge in [0.05, 0.1) is 29.7 Å². The smallest absolute Gasteiger partial charge is 0.387 e. The van der Waals surface area contributed by atoms with Crippen molar-refractivity contribution in [2.24, 2.45) is 0 Å². The maximum atomic E-state index is 12.6. The Morgan fingerprint density at radius 3 is 2.60 bits per heavy atom. The number of hydrogen-bond donors (Lipinski definition) is 0. The quantitative estimate of drug-likeness (QED) is 0.498. The number of halogens is 2. The number of piperazine rings is 1. The van der Waals surface area contributed by atoms with Crippen LogP contribution in [0.15, 0.2) is 30.5 Å². The molecule has 0 radical (unpaired) electrons. The number of benzene rings is 1. The fourth-order valence-corrected chi connectivity index (χ4v) is 3.27. The minimum atomic E-state index is -3.12. The lowest BCUT2D eigenvalue weighted by molar-refractivity contribution is -0.385. The average Bonchev–Trinajstić information content (AvgIpc) is 2.74. The summed E-state index contributed by atoms with van der Waals surface area (Å²) in [5, 5.41) is 20.5. The predicted molar refractivity (Wildman–Crippen MR) is 103 cm³/mol. The number of nitro groups is 1. The van der Waals surface area contributed by atoms with Crippen molar-refractivity contribution >= 4 is 11.5 Å². The second-order valence-corrected chi connectivity index (χ2v) is 6.55. The molecule has 11 heteroatoms. The Bertz CT molecular complexity index is 958. The van der Waals surface area contributed by atoms with Crippen LogP contribution in [0.25, 0.3) is 0 Å². The van der Waals surface area contributed by atoms with E-state index in [-0.39, 0.29) is 23.7 Å². The lowest BCUT2D eigenvalue weighted by Gasteiger charge is -2.35. The van der Waals surface area contributed by atoms with E-state index in [0.717, 1.165) is 6.07 Å². The van der Waals surface area contributed by atoms with Crippen molar-refractivity contribution in [2.75, 3.05) is 38.2 Å². The molecule has 158 valence electrons. The largest absolute Gasteiger partial charge is 0.493 e. The van der Waals surface area contributed by atoms with E-state index in [1.165, 1.54) is 13.2 Å². The molecule has 2 heterocycles. The number of nitrogens with zero attached hydrogens (tertiary/aromatic N) is 5. The zero-order valence-electron chi connectivity index (χ0n) is 16.1. The van der Waals surface area contributed by atoms with Gasteiger partial charge in [0.25, 0.3) is 5.69 Å². The number of ether oxygens (including phenoxy) is 2. The molecule has 0 amide bonds. The van der Waals surface area contributed by atoms with Crippen LogP contribution in [0.5, 0.6) is 11.5 Å². The Kier molecular flexibility index (Phi) is 6.58. The molecule has 0 saturated carbocycles. The molecule has 1 aliphatic rings. The van der Waals surface area contributed by atoms with Crippen molar-refractivity contribution < 1.29 is 23.2 Å². The number of alkyl halides is 2. The van der Waals surface area contributed by atoms with Crippen LogP contribution in [-0.2, 0) is 6.54 Å². The highest BCUT2D eigenvalue weighted by molar-refractivity contribution is 5.54. The minimum Gasteiger partial charge on any atom is -0.493 e. The molecule has 0 spiro atoms. The number of aromatic nitrogens is 1. The highest BCUT2D eigenvalue weighted by atomic mass is 19.3. The van der Waals surface area contributed by atoms with E-state index in [1.807, 2.05) is 9.80 Å². The summed E-state index contributed by atoms with van der Waals surface area (Å²) in [5.41, 5.74) is 0.560. The van der Waals surface area contributed by atoms with Gasteiger partial charge in [-0.05, 0) is 18.2 Å². The summed E-state index contributed by atoms with van der Waals surface area (Å²) in [5.74, 6) is 0.332. The van der Waals surface area contributed by atoms with Gasteiger partial charge < -0.3 is 14.4 Å². The molecule has 9 nitrogen and oxygen atoms in total. The van der Waals surface area contributed by atoms with Crippen molar-refractivity contribution in [1.82, 2.24) is 9.88 Å². The summed E-state index contributed by atoms with van der Waals surface area (Å²) in [6.07, 6.45) is 1.58. The van der Waals surface area contributed by atoms with Gasteiger partial charge in [-0.1, -0.05) is 0 Å². The molecule has 0 bridgehead atoms. The normalized spacial score (nSPS) is 14.4. The summed E-state index contributed by atoms with van der Waals surface area (Å²) in [6.45, 7) is -0.411. The Labute approximate surface area is 171 Å². The molecule has 0 atom stereocenters. The number of anilines is 1. The number of methoxy groups -OCH3 is 1. The van der Waals surface area contributed by atoms with Crippen LogP contribution >= 0.6 is 0 Å². The highest BCUT2D eigenvalue weighted by Gasteiger charge is 2.25. The van der Waals surface area contributed by atoms with Gasteiger partial charge in [-0.25, -0.2) is 4.98 Å². The summed E-state index contributed by atoms with van der Waals surface area (Å²) in [6, 6.07) is 7.76. The summed E-state index contributed by atoms with van der Waals surface area (Å²) < 4.78 is 34.6. The topological polar surface area (TPSA) is 105 Å². The summed E-state index contributed by atoms with van der Waals surface area (Å²) >= 11 is 0. The van der Waals surface area contributed by atoms with Gasteiger partial charge >= 0.3 is 6.61 Å². The zero-order chi connectivity index (χ0) is 21.7. The van der Waals surface area contributed by atoms with Gasteiger partial charge in [-0.3, -0.25) is 15.0 Å². The van der Waals surface area contributed by atoms with Crippen LogP contribution in [0.3, 0.4) is 0 Å². The van der Waals surface area contributed by atoms with Crippen LogP contribution in [0.2, 0.25) is 0 Å². The first kappa shape index (κ1) is 21.2. The fourth-order valence-electron chi connectivity index (χ4n) is 3.27. The molecule has 1 aromatic heterocycles. The highest BCUT2D eigenvalue weighted by Crippen LogP contribution is 2.36. The first-order chi connectivity index (χ1) is 14.4. The lowest BCUT2D eigenvalue weighted by Crippen LogP contribution is -2.46. The van der Waals surface area contributed by atoms with Crippen molar-refractivity contribution in [3.63, 3.8) is 0 Å². The van der Waals surface area contributed by atoms with Gasteiger partial charge in [0.2, 0.25) is 0 Å². The summed E-state index contributed by atoms with van der Waals surface area (Å²) in [4.78, 5) is 19.2. The number of hydrogen-bond acceptors (Lipinski definition) is 8. The molecular formula is C19H19F2N5O4. The predicted octanol–water partition coefficient (Wildman–Crippen LogP) is 2.79. The molecule has 1 aliphatic heterocycles. The van der Waals surface area contributed by atoms with Crippen LogP contribution in [-0.4, -0.2) is 54.7 Å². The Morgan fingerprint density at radius 2 is 2.00 bits per heavy atom. The van der Waals surface area contributed by atoms with Crippen molar-refractivity contribution in [3.05, 3.63) is 51.7 Å². The van der Waals surface area contributed by atoms with Crippen molar-refractivity contribution in [3.8, 4) is 17.6 Å². The minimum absolute atomic E-state index is 0.00653. The molecule has 1 fully saturated rings. The number of nitro benzene ring substituents is 1. The van der Waals surface area contributed by atoms with Gasteiger partial charge in [-0.15, -0.1) is 0 Å². The van der Waals surface area contributed by atoms with Gasteiger partial charge in [0.1, 0.15) is 5.82 Å². The first-order valence-electron chi connectivity index (χ1n) is 9.05. The molecule has 3 rings (SSSR count). The molecule has 0 aliphatic carbocycles. The molecule has 0 unspecified atom stereocenters. The monoisotopic (exact) mass is 419 g/mol. The Morgan fingerprint density at radius 1 is 1.27 bits per heavy atom. The fraction of sp³-hybridized carbons (Fsp3) is 0.368. The third-order valence-electron chi connectivity index (χ3n) is 4.74. The third-order valence-corrected chi connectivity index (χ3v) is 4.74. The van der Waals surface area contributed by atoms with Crippen LogP contribution in [0.4, 0.5) is 20.3 Å². The van der Waals surface area contributed by atoms with Crippen LogP contribution in [0.1, 0.15) is 11.1 Å². The van der Waals surface area contributed by atoms with E-state index in [9.17, 15) is 18.9 Å². The van der Waals surface area contributed by atoms with E-state index in [0.29, 0.717) is 43.1 Å². The number of nitriles is 1. The van der Waals surface area contributed by atoms with E-state index in [1.54, 1.807) is 18.3 Å². The van der Waals surface area contributed by atoms with E-state index >= 15 is 0 Å². The van der Waals surface area contributed by atoms with E-state index < -0.39 is 11.5 Å².